The molecule has 0 aliphatic carbocycles. The van der Waals surface area contributed by atoms with Gasteiger partial charge in [0.05, 0.1) is 18.9 Å². The fraction of sp³-hybridized carbons (Fsp3) is 0.700. The molecular weight excluding hydrogens is 438 g/mol. The molecule has 4 amide bonds. The molecule has 0 rings (SSSR count). The van der Waals surface area contributed by atoms with Crippen LogP contribution in [0.15, 0.2) is 0 Å². The van der Waals surface area contributed by atoms with Crippen molar-refractivity contribution in [2.45, 2.75) is 77.5 Å². The molecular formula is C20H35N5O8. The molecule has 0 aromatic carbocycles. The van der Waals surface area contributed by atoms with Gasteiger partial charge in [-0.25, -0.2) is 4.79 Å². The van der Waals surface area contributed by atoms with E-state index in [1.165, 1.54) is 0 Å². The highest BCUT2D eigenvalue weighted by molar-refractivity contribution is 5.96. The van der Waals surface area contributed by atoms with Crippen LogP contribution in [-0.2, 0) is 28.8 Å². The van der Waals surface area contributed by atoms with Gasteiger partial charge < -0.3 is 37.6 Å². The van der Waals surface area contributed by atoms with Gasteiger partial charge in [0.25, 0.3) is 0 Å². The molecule has 13 nitrogen and oxygen atoms in total. The normalized spacial score (nSPS) is 15.5. The SMILES string of the molecule is CCC(C)C(N)C(=O)NC(CC(C)C)C(=O)NC(CC(N)=O)C(=O)NC(CC(=O)O)C(=O)O. The van der Waals surface area contributed by atoms with Gasteiger partial charge in [-0.3, -0.25) is 24.0 Å². The first-order valence-electron chi connectivity index (χ1n) is 10.6. The number of nitrogens with one attached hydrogen (secondary N) is 3. The van der Waals surface area contributed by atoms with Gasteiger partial charge in [0.1, 0.15) is 18.1 Å². The molecule has 188 valence electrons. The molecule has 13 heteroatoms. The second-order valence-electron chi connectivity index (χ2n) is 8.33. The zero-order valence-electron chi connectivity index (χ0n) is 19.3. The summed E-state index contributed by atoms with van der Waals surface area (Å²) in [6.07, 6.45) is -0.770. The summed E-state index contributed by atoms with van der Waals surface area (Å²) in [4.78, 5) is 71.3. The molecule has 5 atom stereocenters. The molecule has 0 saturated heterocycles. The topological polar surface area (TPSA) is 231 Å². The van der Waals surface area contributed by atoms with Crippen LogP contribution in [0.4, 0.5) is 0 Å². The Morgan fingerprint density at radius 1 is 0.788 bits per heavy atom. The minimum Gasteiger partial charge on any atom is -0.481 e. The number of aliphatic carboxylic acids is 2. The third-order valence-electron chi connectivity index (χ3n) is 4.93. The molecule has 9 N–H and O–H groups in total. The Balaban J connectivity index is 5.58. The monoisotopic (exact) mass is 473 g/mol. The van der Waals surface area contributed by atoms with Crippen molar-refractivity contribution in [1.82, 2.24) is 16.0 Å². The Morgan fingerprint density at radius 3 is 1.70 bits per heavy atom. The molecule has 5 unspecified atom stereocenters. The van der Waals surface area contributed by atoms with E-state index >= 15 is 0 Å². The quantitative estimate of drug-likeness (QED) is 0.143. The number of primary amides is 1. The summed E-state index contributed by atoms with van der Waals surface area (Å²) in [7, 11) is 0. The van der Waals surface area contributed by atoms with Crippen LogP contribution in [-0.4, -0.2) is 69.9 Å². The zero-order valence-corrected chi connectivity index (χ0v) is 19.3. The van der Waals surface area contributed by atoms with Gasteiger partial charge in [-0.1, -0.05) is 34.1 Å². The lowest BCUT2D eigenvalue weighted by molar-refractivity contribution is -0.147. The van der Waals surface area contributed by atoms with Gasteiger partial charge in [-0.15, -0.1) is 0 Å². The summed E-state index contributed by atoms with van der Waals surface area (Å²) in [5.74, 6) is -6.73. The van der Waals surface area contributed by atoms with Crippen LogP contribution in [0.5, 0.6) is 0 Å². The molecule has 0 saturated carbocycles. The molecule has 0 spiro atoms. The summed E-state index contributed by atoms with van der Waals surface area (Å²) in [5.41, 5.74) is 11.1. The lowest BCUT2D eigenvalue weighted by Crippen LogP contribution is -2.58. The number of carbonyl (C=O) groups excluding carboxylic acids is 4. The van der Waals surface area contributed by atoms with Crippen molar-refractivity contribution in [3.05, 3.63) is 0 Å². The van der Waals surface area contributed by atoms with E-state index in [4.69, 9.17) is 21.7 Å². The number of hydrogen-bond acceptors (Lipinski definition) is 7. The van der Waals surface area contributed by atoms with Crippen molar-refractivity contribution in [2.75, 3.05) is 0 Å². The summed E-state index contributed by atoms with van der Waals surface area (Å²) in [6.45, 7) is 7.25. The predicted octanol–water partition coefficient (Wildman–Crippen LogP) is -1.70. The molecule has 0 aliphatic rings. The first-order chi connectivity index (χ1) is 15.2. The van der Waals surface area contributed by atoms with Crippen LogP contribution in [0.1, 0.15) is 53.4 Å². The highest BCUT2D eigenvalue weighted by Gasteiger charge is 2.32. The number of nitrogens with two attached hydrogens (primary N) is 2. The standard InChI is InChI=1S/C20H35N5O8/c1-5-10(4)16(22)19(31)24-11(6-9(2)3)17(29)23-12(7-14(21)26)18(30)25-13(20(32)33)8-15(27)28/h9-13,16H,5-8,22H2,1-4H3,(H2,21,26)(H,23,29)(H,24,31)(H,25,30)(H,27,28)(H,32,33). The molecule has 33 heavy (non-hydrogen) atoms. The zero-order chi connectivity index (χ0) is 25.9. The van der Waals surface area contributed by atoms with Crippen molar-refractivity contribution in [1.29, 1.82) is 0 Å². The number of carbonyl (C=O) groups is 6. The maximum atomic E-state index is 12.9. The Labute approximate surface area is 192 Å². The van der Waals surface area contributed by atoms with Crippen LogP contribution in [0.25, 0.3) is 0 Å². The molecule has 0 heterocycles. The number of carboxylic acids is 2. The van der Waals surface area contributed by atoms with Gasteiger partial charge in [-0.2, -0.15) is 0 Å². The van der Waals surface area contributed by atoms with Crippen molar-refractivity contribution in [3.8, 4) is 0 Å². The molecule has 0 bridgehead atoms. The Morgan fingerprint density at radius 2 is 1.27 bits per heavy atom. The van der Waals surface area contributed by atoms with Crippen LogP contribution >= 0.6 is 0 Å². The van der Waals surface area contributed by atoms with Crippen molar-refractivity contribution in [3.63, 3.8) is 0 Å². The number of amides is 4. The van der Waals surface area contributed by atoms with E-state index in [1.807, 2.05) is 12.2 Å². The van der Waals surface area contributed by atoms with Crippen molar-refractivity contribution in [2.24, 2.45) is 23.3 Å². The van der Waals surface area contributed by atoms with Gasteiger partial charge >= 0.3 is 11.9 Å². The second-order valence-corrected chi connectivity index (χ2v) is 8.33. The third-order valence-corrected chi connectivity index (χ3v) is 4.93. The molecule has 0 aromatic heterocycles. The first kappa shape index (κ1) is 29.8. The van der Waals surface area contributed by atoms with Crippen LogP contribution in [0.2, 0.25) is 0 Å². The largest absolute Gasteiger partial charge is 0.481 e. The fourth-order valence-corrected chi connectivity index (χ4v) is 2.81. The molecule has 0 aromatic rings. The Kier molecular flexibility index (Phi) is 12.7. The maximum absolute atomic E-state index is 12.9. The van der Waals surface area contributed by atoms with Crippen LogP contribution in [0.3, 0.4) is 0 Å². The highest BCUT2D eigenvalue weighted by atomic mass is 16.4. The van der Waals surface area contributed by atoms with Gasteiger partial charge in [0.2, 0.25) is 23.6 Å². The maximum Gasteiger partial charge on any atom is 0.326 e. The van der Waals surface area contributed by atoms with Crippen molar-refractivity contribution < 1.29 is 39.0 Å². The smallest absolute Gasteiger partial charge is 0.326 e. The van der Waals surface area contributed by atoms with E-state index in [1.54, 1.807) is 20.8 Å². The lowest BCUT2D eigenvalue weighted by atomic mass is 9.97. The fourth-order valence-electron chi connectivity index (χ4n) is 2.81. The van der Waals surface area contributed by atoms with E-state index in [-0.39, 0.29) is 18.3 Å². The summed E-state index contributed by atoms with van der Waals surface area (Å²) < 4.78 is 0. The summed E-state index contributed by atoms with van der Waals surface area (Å²) in [6, 6.07) is -5.33. The van der Waals surface area contributed by atoms with Gasteiger partial charge in [0.15, 0.2) is 0 Å². The molecule has 0 fully saturated rings. The van der Waals surface area contributed by atoms with E-state index in [0.717, 1.165) is 0 Å². The number of carboxylic acid groups (broad SMARTS) is 2. The van der Waals surface area contributed by atoms with Crippen LogP contribution < -0.4 is 27.4 Å². The molecule has 0 aliphatic heterocycles. The highest BCUT2D eigenvalue weighted by Crippen LogP contribution is 2.10. The Hall–Kier alpha value is -3.22. The van der Waals surface area contributed by atoms with E-state index in [9.17, 15) is 28.8 Å². The van der Waals surface area contributed by atoms with E-state index < -0.39 is 72.6 Å². The number of hydrogen-bond donors (Lipinski definition) is 7. The Bertz CT molecular complexity index is 742. The van der Waals surface area contributed by atoms with Crippen LogP contribution in [0, 0.1) is 11.8 Å². The minimum atomic E-state index is -1.79. The van der Waals surface area contributed by atoms with Gasteiger partial charge in [0, 0.05) is 0 Å². The average Bonchev–Trinajstić information content (AvgIpc) is 2.69. The molecule has 0 radical (unpaired) electrons. The van der Waals surface area contributed by atoms with Gasteiger partial charge in [-0.05, 0) is 18.3 Å². The third kappa shape index (κ3) is 11.3. The predicted molar refractivity (Wildman–Crippen MR) is 116 cm³/mol. The first-order valence-corrected chi connectivity index (χ1v) is 10.6. The van der Waals surface area contributed by atoms with E-state index in [0.29, 0.717) is 6.42 Å². The average molecular weight is 474 g/mol. The lowest BCUT2D eigenvalue weighted by Gasteiger charge is -2.26. The summed E-state index contributed by atoms with van der Waals surface area (Å²) >= 11 is 0. The second kappa shape index (κ2) is 14.0. The van der Waals surface area contributed by atoms with E-state index in [2.05, 4.69) is 10.6 Å². The minimum absolute atomic E-state index is 0.0451. The summed E-state index contributed by atoms with van der Waals surface area (Å²) in [5, 5.41) is 24.7. The number of rotatable bonds is 15. The van der Waals surface area contributed by atoms with Crippen molar-refractivity contribution >= 4 is 35.6 Å².